The molecule has 3 rings (SSSR count). The van der Waals surface area contributed by atoms with Gasteiger partial charge in [0.05, 0.1) is 17.9 Å². The highest BCUT2D eigenvalue weighted by Gasteiger charge is 2.18. The van der Waals surface area contributed by atoms with Crippen LogP contribution in [0.5, 0.6) is 0 Å². The third-order valence-corrected chi connectivity index (χ3v) is 4.96. The molecular weight excluding hydrogens is 360 g/mol. The maximum atomic E-state index is 12.4. The molecule has 0 aliphatic carbocycles. The van der Waals surface area contributed by atoms with Crippen molar-refractivity contribution in [3.8, 4) is 5.69 Å². The standard InChI is InChI=1S/C24H28N4O/c1-3-27(4-2)23(21-11-7-5-8-12-21)18-25-24(29)16-15-20-17-26-28(19-20)22-13-9-6-10-14-22/h5-17,19,23H,3-4,18H2,1-2H3,(H,25,29)/b16-15+. The van der Waals surface area contributed by atoms with Crippen molar-refractivity contribution >= 4 is 12.0 Å². The molecule has 1 aromatic heterocycles. The minimum absolute atomic E-state index is 0.106. The molecule has 1 unspecified atom stereocenters. The van der Waals surface area contributed by atoms with Crippen molar-refractivity contribution in [2.24, 2.45) is 0 Å². The van der Waals surface area contributed by atoms with E-state index in [0.29, 0.717) is 6.54 Å². The highest BCUT2D eigenvalue weighted by atomic mass is 16.1. The smallest absolute Gasteiger partial charge is 0.244 e. The van der Waals surface area contributed by atoms with Crippen LogP contribution in [0.1, 0.15) is 31.0 Å². The molecule has 1 atom stereocenters. The Bertz CT molecular complexity index is 914. The van der Waals surface area contributed by atoms with Crippen LogP contribution in [0, 0.1) is 0 Å². The molecule has 0 spiro atoms. The van der Waals surface area contributed by atoms with Gasteiger partial charge in [0.2, 0.25) is 5.91 Å². The number of nitrogens with one attached hydrogen (secondary N) is 1. The molecule has 1 N–H and O–H groups in total. The fourth-order valence-electron chi connectivity index (χ4n) is 3.37. The largest absolute Gasteiger partial charge is 0.351 e. The molecule has 0 bridgehead atoms. The number of hydrogen-bond donors (Lipinski definition) is 1. The van der Waals surface area contributed by atoms with E-state index in [1.54, 1.807) is 23.0 Å². The third kappa shape index (κ3) is 5.65. The normalized spacial score (nSPS) is 12.4. The second-order valence-corrected chi connectivity index (χ2v) is 6.78. The van der Waals surface area contributed by atoms with Crippen molar-refractivity contribution in [3.05, 3.63) is 90.3 Å². The Balaban J connectivity index is 1.61. The van der Waals surface area contributed by atoms with Gasteiger partial charge in [-0.2, -0.15) is 5.10 Å². The Hall–Kier alpha value is -3.18. The fourth-order valence-corrected chi connectivity index (χ4v) is 3.37. The summed E-state index contributed by atoms with van der Waals surface area (Å²) in [7, 11) is 0. The summed E-state index contributed by atoms with van der Waals surface area (Å²) >= 11 is 0. The first kappa shape index (κ1) is 20.6. The van der Waals surface area contributed by atoms with Gasteiger partial charge in [-0.05, 0) is 36.9 Å². The van der Waals surface area contributed by atoms with Crippen molar-refractivity contribution in [3.63, 3.8) is 0 Å². The van der Waals surface area contributed by atoms with Crippen LogP contribution < -0.4 is 5.32 Å². The van der Waals surface area contributed by atoms with Crippen LogP contribution in [0.15, 0.2) is 79.1 Å². The van der Waals surface area contributed by atoms with E-state index in [1.807, 2.05) is 54.7 Å². The Labute approximate surface area is 172 Å². The maximum absolute atomic E-state index is 12.4. The van der Waals surface area contributed by atoms with E-state index in [0.717, 1.165) is 24.3 Å². The molecule has 2 aromatic carbocycles. The van der Waals surface area contributed by atoms with Crippen molar-refractivity contribution in [1.29, 1.82) is 0 Å². The Morgan fingerprint density at radius 1 is 1.07 bits per heavy atom. The van der Waals surface area contributed by atoms with Gasteiger partial charge < -0.3 is 5.32 Å². The fraction of sp³-hybridized carbons (Fsp3) is 0.250. The number of likely N-dealkylation sites (N-methyl/N-ethyl adjacent to an activating group) is 1. The quantitative estimate of drug-likeness (QED) is 0.562. The van der Waals surface area contributed by atoms with E-state index in [2.05, 4.69) is 41.3 Å². The molecule has 1 heterocycles. The number of carbonyl (C=O) groups is 1. The highest BCUT2D eigenvalue weighted by molar-refractivity contribution is 5.91. The summed E-state index contributed by atoms with van der Waals surface area (Å²) in [5.74, 6) is -0.106. The molecule has 0 aliphatic rings. The van der Waals surface area contributed by atoms with Gasteiger partial charge in [0.1, 0.15) is 0 Å². The zero-order chi connectivity index (χ0) is 20.5. The number of aromatic nitrogens is 2. The lowest BCUT2D eigenvalue weighted by Gasteiger charge is -2.30. The zero-order valence-electron chi connectivity index (χ0n) is 17.0. The molecule has 0 aliphatic heterocycles. The topological polar surface area (TPSA) is 50.2 Å². The molecule has 0 saturated carbocycles. The maximum Gasteiger partial charge on any atom is 0.244 e. The van der Waals surface area contributed by atoms with Crippen LogP contribution in [0.3, 0.4) is 0 Å². The minimum atomic E-state index is -0.106. The molecule has 0 fully saturated rings. The summed E-state index contributed by atoms with van der Waals surface area (Å²) in [6, 6.07) is 20.4. The molecule has 1 amide bonds. The van der Waals surface area contributed by atoms with Crippen LogP contribution in [0.2, 0.25) is 0 Å². The van der Waals surface area contributed by atoms with Crippen molar-refractivity contribution in [2.75, 3.05) is 19.6 Å². The first-order chi connectivity index (χ1) is 14.2. The van der Waals surface area contributed by atoms with Crippen molar-refractivity contribution in [2.45, 2.75) is 19.9 Å². The number of benzene rings is 2. The highest BCUT2D eigenvalue weighted by Crippen LogP contribution is 2.19. The number of para-hydroxylation sites is 1. The van der Waals surface area contributed by atoms with Gasteiger partial charge in [0.15, 0.2) is 0 Å². The number of hydrogen-bond acceptors (Lipinski definition) is 3. The van der Waals surface area contributed by atoms with Crippen LogP contribution >= 0.6 is 0 Å². The van der Waals surface area contributed by atoms with E-state index in [4.69, 9.17) is 0 Å². The van der Waals surface area contributed by atoms with Crippen LogP contribution in [0.4, 0.5) is 0 Å². The summed E-state index contributed by atoms with van der Waals surface area (Å²) in [6.07, 6.45) is 7.01. The Morgan fingerprint density at radius 2 is 1.72 bits per heavy atom. The van der Waals surface area contributed by atoms with Gasteiger partial charge in [0.25, 0.3) is 0 Å². The molecule has 3 aromatic rings. The summed E-state index contributed by atoms with van der Waals surface area (Å²) < 4.78 is 1.80. The SMILES string of the molecule is CCN(CC)C(CNC(=O)/C=C/c1cnn(-c2ccccc2)c1)c1ccccc1. The lowest BCUT2D eigenvalue weighted by molar-refractivity contribution is -0.116. The average Bonchev–Trinajstić information content (AvgIpc) is 3.25. The lowest BCUT2D eigenvalue weighted by atomic mass is 10.1. The monoisotopic (exact) mass is 388 g/mol. The molecule has 5 nitrogen and oxygen atoms in total. The minimum Gasteiger partial charge on any atom is -0.351 e. The number of amides is 1. The molecule has 0 radical (unpaired) electrons. The number of nitrogens with zero attached hydrogens (tertiary/aromatic N) is 3. The van der Waals surface area contributed by atoms with E-state index < -0.39 is 0 Å². The van der Waals surface area contributed by atoms with E-state index in [-0.39, 0.29) is 11.9 Å². The van der Waals surface area contributed by atoms with Gasteiger partial charge in [-0.1, -0.05) is 62.4 Å². The number of carbonyl (C=O) groups excluding carboxylic acids is 1. The summed E-state index contributed by atoms with van der Waals surface area (Å²) in [5.41, 5.74) is 3.08. The van der Waals surface area contributed by atoms with E-state index >= 15 is 0 Å². The molecule has 150 valence electrons. The first-order valence-electron chi connectivity index (χ1n) is 10.1. The van der Waals surface area contributed by atoms with Gasteiger partial charge in [0, 0.05) is 24.4 Å². The average molecular weight is 389 g/mol. The second kappa shape index (κ2) is 10.4. The molecular formula is C24H28N4O. The third-order valence-electron chi connectivity index (χ3n) is 4.96. The Kier molecular flexibility index (Phi) is 7.36. The first-order valence-corrected chi connectivity index (χ1v) is 10.1. The molecule has 29 heavy (non-hydrogen) atoms. The van der Waals surface area contributed by atoms with Crippen LogP contribution in [-0.4, -0.2) is 40.2 Å². The van der Waals surface area contributed by atoms with Crippen molar-refractivity contribution < 1.29 is 4.79 Å². The summed E-state index contributed by atoms with van der Waals surface area (Å²) in [4.78, 5) is 14.7. The van der Waals surface area contributed by atoms with Crippen LogP contribution in [-0.2, 0) is 4.79 Å². The van der Waals surface area contributed by atoms with Gasteiger partial charge in [-0.15, -0.1) is 0 Å². The van der Waals surface area contributed by atoms with Gasteiger partial charge in [-0.25, -0.2) is 4.68 Å². The number of rotatable bonds is 9. The Morgan fingerprint density at radius 3 is 2.38 bits per heavy atom. The van der Waals surface area contributed by atoms with Crippen molar-refractivity contribution in [1.82, 2.24) is 20.0 Å². The van der Waals surface area contributed by atoms with Gasteiger partial charge in [-0.3, -0.25) is 9.69 Å². The predicted octanol–water partition coefficient (Wildman–Crippen LogP) is 4.08. The molecule has 0 saturated heterocycles. The summed E-state index contributed by atoms with van der Waals surface area (Å²) in [5, 5.41) is 7.40. The predicted molar refractivity (Wildman–Crippen MR) is 118 cm³/mol. The lowest BCUT2D eigenvalue weighted by Crippen LogP contribution is -2.37. The van der Waals surface area contributed by atoms with E-state index in [9.17, 15) is 4.79 Å². The van der Waals surface area contributed by atoms with Crippen LogP contribution in [0.25, 0.3) is 11.8 Å². The second-order valence-electron chi connectivity index (χ2n) is 6.78. The summed E-state index contributed by atoms with van der Waals surface area (Å²) in [6.45, 7) is 6.72. The van der Waals surface area contributed by atoms with E-state index in [1.165, 1.54) is 5.56 Å². The van der Waals surface area contributed by atoms with Gasteiger partial charge >= 0.3 is 0 Å². The zero-order valence-corrected chi connectivity index (χ0v) is 17.0. The molecule has 5 heteroatoms.